The van der Waals surface area contributed by atoms with E-state index in [0.29, 0.717) is 0 Å². The highest BCUT2D eigenvalue weighted by Crippen LogP contribution is 2.29. The molecule has 0 aliphatic carbocycles. The number of carbonyl (C=O) groups excluding carboxylic acids is 1. The number of halogens is 6. The maximum atomic E-state index is 12.4. The summed E-state index contributed by atoms with van der Waals surface area (Å²) in [6, 6.07) is 4.31. The van der Waals surface area contributed by atoms with Crippen LogP contribution in [-0.2, 0) is 17.5 Å². The molecule has 1 aromatic carbocycles. The highest BCUT2D eigenvalue weighted by Gasteiger charge is 2.36. The van der Waals surface area contributed by atoms with Crippen LogP contribution in [0.25, 0.3) is 0 Å². The van der Waals surface area contributed by atoms with Crippen molar-refractivity contribution in [1.29, 1.82) is 0 Å². The fraction of sp³-hybridized carbons (Fsp3) is 0.250. The van der Waals surface area contributed by atoms with Crippen molar-refractivity contribution < 1.29 is 31.1 Å². The van der Waals surface area contributed by atoms with Crippen molar-refractivity contribution in [2.24, 2.45) is 0 Å². The molecule has 0 aliphatic rings. The SMILES string of the molecule is O=C(/C=C/NCc1cccc(C(F)(F)F)c1)C(F)(F)F. The molecule has 0 atom stereocenters. The summed E-state index contributed by atoms with van der Waals surface area (Å²) in [4.78, 5) is 10.5. The first-order valence-corrected chi connectivity index (χ1v) is 5.28. The summed E-state index contributed by atoms with van der Waals surface area (Å²) < 4.78 is 72.7. The molecule has 0 radical (unpaired) electrons. The highest BCUT2D eigenvalue weighted by atomic mass is 19.4. The van der Waals surface area contributed by atoms with Gasteiger partial charge >= 0.3 is 12.4 Å². The summed E-state index contributed by atoms with van der Waals surface area (Å²) in [5, 5.41) is 2.31. The Morgan fingerprint density at radius 3 is 2.35 bits per heavy atom. The molecular weight excluding hydrogens is 288 g/mol. The van der Waals surface area contributed by atoms with Gasteiger partial charge in [-0.1, -0.05) is 12.1 Å². The lowest BCUT2D eigenvalue weighted by atomic mass is 10.1. The molecule has 0 aliphatic heterocycles. The van der Waals surface area contributed by atoms with Gasteiger partial charge in [0.15, 0.2) is 0 Å². The summed E-state index contributed by atoms with van der Waals surface area (Å²) in [7, 11) is 0. The Morgan fingerprint density at radius 1 is 1.15 bits per heavy atom. The zero-order valence-electron chi connectivity index (χ0n) is 9.85. The van der Waals surface area contributed by atoms with Gasteiger partial charge in [-0.3, -0.25) is 4.79 Å². The molecule has 0 saturated carbocycles. The van der Waals surface area contributed by atoms with Crippen molar-refractivity contribution in [3.8, 4) is 0 Å². The van der Waals surface area contributed by atoms with E-state index >= 15 is 0 Å². The molecule has 0 unspecified atom stereocenters. The smallest absolute Gasteiger partial charge is 0.387 e. The van der Waals surface area contributed by atoms with Crippen molar-refractivity contribution in [2.45, 2.75) is 18.9 Å². The van der Waals surface area contributed by atoms with E-state index in [1.54, 1.807) is 0 Å². The second-order valence-electron chi connectivity index (χ2n) is 3.77. The molecule has 20 heavy (non-hydrogen) atoms. The van der Waals surface area contributed by atoms with E-state index in [9.17, 15) is 31.1 Å². The lowest BCUT2D eigenvalue weighted by Gasteiger charge is -2.08. The van der Waals surface area contributed by atoms with Gasteiger partial charge in [-0.15, -0.1) is 0 Å². The van der Waals surface area contributed by atoms with Crippen LogP contribution in [0.5, 0.6) is 0 Å². The summed E-state index contributed by atoms with van der Waals surface area (Å²) >= 11 is 0. The molecule has 1 aromatic rings. The Kier molecular flexibility index (Phi) is 4.80. The quantitative estimate of drug-likeness (QED) is 0.681. The van der Waals surface area contributed by atoms with E-state index in [-0.39, 0.29) is 18.2 Å². The van der Waals surface area contributed by atoms with Gasteiger partial charge in [0.1, 0.15) is 0 Å². The van der Waals surface area contributed by atoms with Crippen LogP contribution in [0.3, 0.4) is 0 Å². The number of hydrogen-bond donors (Lipinski definition) is 1. The summed E-state index contributed by atoms with van der Waals surface area (Å²) in [6.45, 7) is -0.133. The molecule has 110 valence electrons. The second kappa shape index (κ2) is 5.98. The molecule has 2 nitrogen and oxygen atoms in total. The third-order valence-corrected chi connectivity index (χ3v) is 2.19. The predicted molar refractivity (Wildman–Crippen MR) is 58.5 cm³/mol. The molecule has 0 fully saturated rings. The number of ketones is 1. The van der Waals surface area contributed by atoms with E-state index in [1.807, 2.05) is 0 Å². The molecular formula is C12H9F6NO. The number of nitrogens with one attached hydrogen (secondary N) is 1. The van der Waals surface area contributed by atoms with E-state index in [4.69, 9.17) is 0 Å². The Labute approximate surface area is 110 Å². The first kappa shape index (κ1) is 16.1. The van der Waals surface area contributed by atoms with Gasteiger partial charge in [0, 0.05) is 18.8 Å². The minimum absolute atomic E-state index is 0.133. The van der Waals surface area contributed by atoms with Crippen LogP contribution < -0.4 is 5.32 Å². The van der Waals surface area contributed by atoms with Gasteiger partial charge in [0.05, 0.1) is 5.56 Å². The molecule has 0 bridgehead atoms. The summed E-state index contributed by atoms with van der Waals surface area (Å²) in [5.41, 5.74) is -0.629. The first-order chi connectivity index (χ1) is 9.10. The molecule has 0 aromatic heterocycles. The summed E-state index contributed by atoms with van der Waals surface area (Å²) in [6.07, 6.45) is -8.43. The third-order valence-electron chi connectivity index (χ3n) is 2.19. The summed E-state index contributed by atoms with van der Waals surface area (Å²) in [5.74, 6) is -2.05. The Balaban J connectivity index is 2.59. The van der Waals surface area contributed by atoms with Crippen LogP contribution in [0, 0.1) is 0 Å². The van der Waals surface area contributed by atoms with Crippen molar-refractivity contribution in [2.75, 3.05) is 0 Å². The van der Waals surface area contributed by atoms with E-state index in [0.717, 1.165) is 18.3 Å². The predicted octanol–water partition coefficient (Wildman–Crippen LogP) is 3.44. The average Bonchev–Trinajstić information content (AvgIpc) is 2.32. The van der Waals surface area contributed by atoms with E-state index < -0.39 is 23.7 Å². The number of hydrogen-bond acceptors (Lipinski definition) is 2. The zero-order valence-corrected chi connectivity index (χ0v) is 9.85. The Morgan fingerprint density at radius 2 is 1.80 bits per heavy atom. The van der Waals surface area contributed by atoms with Gasteiger partial charge < -0.3 is 5.32 Å². The minimum atomic E-state index is -4.96. The van der Waals surface area contributed by atoms with Gasteiger partial charge in [0.25, 0.3) is 5.78 Å². The van der Waals surface area contributed by atoms with Gasteiger partial charge in [-0.05, 0) is 17.7 Å². The van der Waals surface area contributed by atoms with Gasteiger partial charge in [0.2, 0.25) is 0 Å². The maximum absolute atomic E-state index is 12.4. The Hall–Kier alpha value is -1.99. The third kappa shape index (κ3) is 4.94. The molecule has 0 heterocycles. The maximum Gasteiger partial charge on any atom is 0.454 e. The highest BCUT2D eigenvalue weighted by molar-refractivity contribution is 5.94. The number of rotatable bonds is 4. The molecule has 0 spiro atoms. The van der Waals surface area contributed by atoms with Crippen LogP contribution in [0.1, 0.15) is 11.1 Å². The van der Waals surface area contributed by atoms with Crippen LogP contribution in [0.2, 0.25) is 0 Å². The standard InChI is InChI=1S/C12H9F6NO/c13-11(14,15)9-3-1-2-8(6-9)7-19-5-4-10(20)12(16,17)18/h1-6,19H,7H2/b5-4+. The second-order valence-corrected chi connectivity index (χ2v) is 3.77. The molecule has 1 rings (SSSR count). The minimum Gasteiger partial charge on any atom is -0.387 e. The van der Waals surface area contributed by atoms with Crippen LogP contribution in [0.4, 0.5) is 26.3 Å². The monoisotopic (exact) mass is 297 g/mol. The molecule has 0 amide bonds. The lowest BCUT2D eigenvalue weighted by Crippen LogP contribution is -2.20. The average molecular weight is 297 g/mol. The largest absolute Gasteiger partial charge is 0.454 e. The normalized spacial score (nSPS) is 12.7. The lowest BCUT2D eigenvalue weighted by molar-refractivity contribution is -0.165. The number of alkyl halides is 6. The Bertz CT molecular complexity index is 503. The van der Waals surface area contributed by atoms with Crippen molar-refractivity contribution in [3.05, 3.63) is 47.7 Å². The van der Waals surface area contributed by atoms with Crippen molar-refractivity contribution in [3.63, 3.8) is 0 Å². The van der Waals surface area contributed by atoms with Gasteiger partial charge in [-0.25, -0.2) is 0 Å². The number of carbonyl (C=O) groups is 1. The first-order valence-electron chi connectivity index (χ1n) is 5.28. The van der Waals surface area contributed by atoms with E-state index in [2.05, 4.69) is 5.32 Å². The van der Waals surface area contributed by atoms with Crippen molar-refractivity contribution in [1.82, 2.24) is 5.32 Å². The molecule has 8 heteroatoms. The number of allylic oxidation sites excluding steroid dienone is 1. The van der Waals surface area contributed by atoms with Crippen LogP contribution in [0.15, 0.2) is 36.5 Å². The molecule has 1 N–H and O–H groups in total. The van der Waals surface area contributed by atoms with Crippen LogP contribution in [-0.4, -0.2) is 12.0 Å². The molecule has 0 saturated heterocycles. The fourth-order valence-corrected chi connectivity index (χ4v) is 1.26. The van der Waals surface area contributed by atoms with Gasteiger partial charge in [-0.2, -0.15) is 26.3 Å². The van der Waals surface area contributed by atoms with Crippen LogP contribution >= 0.6 is 0 Å². The van der Waals surface area contributed by atoms with E-state index in [1.165, 1.54) is 12.1 Å². The fourth-order valence-electron chi connectivity index (χ4n) is 1.26. The number of benzene rings is 1. The zero-order chi connectivity index (χ0) is 15.4. The topological polar surface area (TPSA) is 29.1 Å². The van der Waals surface area contributed by atoms with Crippen molar-refractivity contribution >= 4 is 5.78 Å².